The summed E-state index contributed by atoms with van der Waals surface area (Å²) in [6.45, 7) is 4.28. The largest absolute Gasteiger partial charge is 0.378 e. The second-order valence-corrected chi connectivity index (χ2v) is 6.46. The predicted octanol–water partition coefficient (Wildman–Crippen LogP) is 1.06. The third-order valence-corrected chi connectivity index (χ3v) is 4.85. The fraction of sp³-hybridized carbons (Fsp3) is 0.529. The van der Waals surface area contributed by atoms with Gasteiger partial charge in [-0.1, -0.05) is 0 Å². The van der Waals surface area contributed by atoms with Crippen LogP contribution in [0, 0.1) is 0 Å². The van der Waals surface area contributed by atoms with Gasteiger partial charge >= 0.3 is 0 Å². The highest BCUT2D eigenvalue weighted by molar-refractivity contribution is 5.92. The molecule has 8 heteroatoms. The summed E-state index contributed by atoms with van der Waals surface area (Å²) in [6.07, 6.45) is 7.34. The Labute approximate surface area is 146 Å². The SMILES string of the molecule is O=C(c1cc([C@H]2CCCN(c3cnccn3)C2)[nH]n1)N1CCOCC1. The van der Waals surface area contributed by atoms with E-state index in [1.165, 1.54) is 0 Å². The Bertz CT molecular complexity index is 713. The van der Waals surface area contributed by atoms with Crippen LogP contribution >= 0.6 is 0 Å². The summed E-state index contributed by atoms with van der Waals surface area (Å²) in [5.41, 5.74) is 1.51. The number of hydrogen-bond donors (Lipinski definition) is 1. The molecule has 132 valence electrons. The molecule has 1 amide bonds. The number of carbonyl (C=O) groups is 1. The maximum absolute atomic E-state index is 12.5. The van der Waals surface area contributed by atoms with Crippen molar-refractivity contribution in [3.8, 4) is 0 Å². The van der Waals surface area contributed by atoms with Gasteiger partial charge in [0.05, 0.1) is 19.4 Å². The molecule has 2 aromatic heterocycles. The summed E-state index contributed by atoms with van der Waals surface area (Å²) < 4.78 is 5.30. The first-order valence-electron chi connectivity index (χ1n) is 8.74. The molecule has 0 saturated carbocycles. The molecule has 4 rings (SSSR count). The molecule has 2 saturated heterocycles. The molecule has 0 aromatic carbocycles. The number of amides is 1. The van der Waals surface area contributed by atoms with E-state index in [9.17, 15) is 4.79 Å². The number of rotatable bonds is 3. The van der Waals surface area contributed by atoms with Gasteiger partial charge in [-0.05, 0) is 18.9 Å². The zero-order valence-electron chi connectivity index (χ0n) is 14.1. The summed E-state index contributed by atoms with van der Waals surface area (Å²) in [7, 11) is 0. The van der Waals surface area contributed by atoms with E-state index in [1.54, 1.807) is 23.5 Å². The van der Waals surface area contributed by atoms with Crippen LogP contribution in [0.15, 0.2) is 24.7 Å². The van der Waals surface area contributed by atoms with Crippen molar-refractivity contribution in [3.63, 3.8) is 0 Å². The highest BCUT2D eigenvalue weighted by Crippen LogP contribution is 2.28. The first-order chi connectivity index (χ1) is 12.3. The number of H-pyrrole nitrogens is 1. The molecule has 2 aliphatic rings. The number of ether oxygens (including phenoxy) is 1. The van der Waals surface area contributed by atoms with E-state index in [4.69, 9.17) is 4.74 Å². The quantitative estimate of drug-likeness (QED) is 0.897. The molecule has 2 fully saturated rings. The molecule has 0 spiro atoms. The lowest BCUT2D eigenvalue weighted by Crippen LogP contribution is -2.40. The number of nitrogens with one attached hydrogen (secondary N) is 1. The summed E-state index contributed by atoms with van der Waals surface area (Å²) >= 11 is 0. The molecular weight excluding hydrogens is 320 g/mol. The van der Waals surface area contributed by atoms with E-state index in [-0.39, 0.29) is 5.91 Å². The first-order valence-corrected chi connectivity index (χ1v) is 8.74. The van der Waals surface area contributed by atoms with Crippen molar-refractivity contribution in [2.24, 2.45) is 0 Å². The lowest BCUT2D eigenvalue weighted by molar-refractivity contribution is 0.0299. The molecular formula is C17H22N6O2. The van der Waals surface area contributed by atoms with Gasteiger partial charge in [-0.25, -0.2) is 4.98 Å². The van der Waals surface area contributed by atoms with Crippen LogP contribution in [0.25, 0.3) is 0 Å². The van der Waals surface area contributed by atoms with Gasteiger partial charge in [-0.3, -0.25) is 14.9 Å². The van der Waals surface area contributed by atoms with Gasteiger partial charge < -0.3 is 14.5 Å². The molecule has 4 heterocycles. The van der Waals surface area contributed by atoms with Gasteiger partial charge in [0, 0.05) is 50.2 Å². The topological polar surface area (TPSA) is 87.2 Å². The molecule has 2 aliphatic heterocycles. The Hall–Kier alpha value is -2.48. The summed E-state index contributed by atoms with van der Waals surface area (Å²) in [5, 5.41) is 7.34. The monoisotopic (exact) mass is 342 g/mol. The van der Waals surface area contributed by atoms with Gasteiger partial charge in [0.2, 0.25) is 0 Å². The van der Waals surface area contributed by atoms with Gasteiger partial charge in [0.25, 0.3) is 5.91 Å². The van der Waals surface area contributed by atoms with Crippen LogP contribution in [0.1, 0.15) is 34.9 Å². The summed E-state index contributed by atoms with van der Waals surface area (Å²) in [4.78, 5) is 25.1. The average molecular weight is 342 g/mol. The number of aromatic amines is 1. The Balaban J connectivity index is 1.45. The molecule has 0 bridgehead atoms. The lowest BCUT2D eigenvalue weighted by Gasteiger charge is -2.32. The number of morpholine rings is 1. The smallest absolute Gasteiger partial charge is 0.274 e. The molecule has 8 nitrogen and oxygen atoms in total. The molecule has 1 N–H and O–H groups in total. The number of aromatic nitrogens is 4. The van der Waals surface area contributed by atoms with Crippen LogP contribution in [0.4, 0.5) is 5.82 Å². The van der Waals surface area contributed by atoms with Gasteiger partial charge in [0.15, 0.2) is 0 Å². The minimum absolute atomic E-state index is 0.0209. The minimum atomic E-state index is -0.0209. The van der Waals surface area contributed by atoms with Crippen molar-refractivity contribution in [1.29, 1.82) is 0 Å². The summed E-state index contributed by atoms with van der Waals surface area (Å²) in [6, 6.07) is 1.91. The van der Waals surface area contributed by atoms with Crippen LogP contribution in [0.5, 0.6) is 0 Å². The van der Waals surface area contributed by atoms with Crippen LogP contribution in [-0.2, 0) is 4.74 Å². The molecule has 25 heavy (non-hydrogen) atoms. The number of nitrogens with zero attached hydrogens (tertiary/aromatic N) is 5. The fourth-order valence-corrected chi connectivity index (χ4v) is 3.48. The van der Waals surface area contributed by atoms with E-state index >= 15 is 0 Å². The fourth-order valence-electron chi connectivity index (χ4n) is 3.48. The molecule has 2 aromatic rings. The lowest BCUT2D eigenvalue weighted by atomic mass is 9.94. The Morgan fingerprint density at radius 2 is 2.12 bits per heavy atom. The van der Waals surface area contributed by atoms with Crippen molar-refractivity contribution in [2.75, 3.05) is 44.3 Å². The zero-order chi connectivity index (χ0) is 17.1. The van der Waals surface area contributed by atoms with E-state index in [1.807, 2.05) is 6.07 Å². The second-order valence-electron chi connectivity index (χ2n) is 6.46. The van der Waals surface area contributed by atoms with Gasteiger partial charge in [-0.2, -0.15) is 5.10 Å². The Kier molecular flexibility index (Phi) is 4.60. The van der Waals surface area contributed by atoms with E-state index in [2.05, 4.69) is 25.1 Å². The standard InChI is InChI=1S/C17H22N6O2/c24-17(22-6-8-25-9-7-22)15-10-14(20-21-15)13-2-1-5-23(12-13)16-11-18-3-4-19-16/h3-4,10-11,13H,1-2,5-9,12H2,(H,20,21)/t13-/m0/s1. The van der Waals surface area contributed by atoms with Crippen molar-refractivity contribution in [1.82, 2.24) is 25.1 Å². The molecule has 0 unspecified atom stereocenters. The highest BCUT2D eigenvalue weighted by atomic mass is 16.5. The van der Waals surface area contributed by atoms with Gasteiger partial charge in [0.1, 0.15) is 11.5 Å². The Morgan fingerprint density at radius 3 is 2.92 bits per heavy atom. The van der Waals surface area contributed by atoms with Crippen LogP contribution in [0.3, 0.4) is 0 Å². The maximum Gasteiger partial charge on any atom is 0.274 e. The minimum Gasteiger partial charge on any atom is -0.378 e. The van der Waals surface area contributed by atoms with Gasteiger partial charge in [-0.15, -0.1) is 0 Å². The number of anilines is 1. The van der Waals surface area contributed by atoms with E-state index < -0.39 is 0 Å². The molecule has 0 aliphatic carbocycles. The normalized spacial score (nSPS) is 21.4. The van der Waals surface area contributed by atoms with Crippen molar-refractivity contribution < 1.29 is 9.53 Å². The van der Waals surface area contributed by atoms with Crippen molar-refractivity contribution in [3.05, 3.63) is 36.0 Å². The number of piperidine rings is 1. The zero-order valence-corrected chi connectivity index (χ0v) is 14.1. The first kappa shape index (κ1) is 16.0. The van der Waals surface area contributed by atoms with Crippen molar-refractivity contribution in [2.45, 2.75) is 18.8 Å². The molecule has 0 radical (unpaired) electrons. The molecule has 1 atom stereocenters. The Morgan fingerprint density at radius 1 is 1.24 bits per heavy atom. The van der Waals surface area contributed by atoms with E-state index in [0.717, 1.165) is 37.4 Å². The van der Waals surface area contributed by atoms with Crippen molar-refractivity contribution >= 4 is 11.7 Å². The predicted molar refractivity (Wildman–Crippen MR) is 91.5 cm³/mol. The average Bonchev–Trinajstić information content (AvgIpc) is 3.19. The second kappa shape index (κ2) is 7.18. The van der Waals surface area contributed by atoms with Crippen LogP contribution < -0.4 is 4.90 Å². The number of hydrogen-bond acceptors (Lipinski definition) is 6. The van der Waals surface area contributed by atoms with Crippen LogP contribution in [0.2, 0.25) is 0 Å². The third-order valence-electron chi connectivity index (χ3n) is 4.85. The number of carbonyl (C=O) groups excluding carboxylic acids is 1. The van der Waals surface area contributed by atoms with E-state index in [0.29, 0.717) is 37.9 Å². The maximum atomic E-state index is 12.5. The third kappa shape index (κ3) is 3.48. The highest BCUT2D eigenvalue weighted by Gasteiger charge is 2.26. The summed E-state index contributed by atoms with van der Waals surface area (Å²) in [5.74, 6) is 1.19. The van der Waals surface area contributed by atoms with Crippen LogP contribution in [-0.4, -0.2) is 70.4 Å².